The first-order valence-corrected chi connectivity index (χ1v) is 14.3. The van der Waals surface area contributed by atoms with Crippen LogP contribution in [0.5, 0.6) is 0 Å². The Hall–Kier alpha value is -4.26. The summed E-state index contributed by atoms with van der Waals surface area (Å²) in [5.41, 5.74) is 6.91. The Morgan fingerprint density at radius 1 is 0.829 bits per heavy atom. The van der Waals surface area contributed by atoms with E-state index in [4.69, 9.17) is 4.74 Å². The van der Waals surface area contributed by atoms with Gasteiger partial charge in [0.05, 0.1) is 11.8 Å². The maximum absolute atomic E-state index is 14.1. The summed E-state index contributed by atoms with van der Waals surface area (Å²) in [7, 11) is 0. The molecule has 1 aliphatic heterocycles. The second-order valence-corrected chi connectivity index (χ2v) is 11.9. The average molecular weight is 551 g/mol. The number of amides is 3. The molecule has 0 saturated carbocycles. The molecule has 0 aromatic heterocycles. The predicted molar refractivity (Wildman–Crippen MR) is 154 cm³/mol. The van der Waals surface area contributed by atoms with Crippen molar-refractivity contribution in [2.24, 2.45) is 17.8 Å². The first kappa shape index (κ1) is 26.9. The SMILES string of the molecule is Cc1ccc(NC(=O)COC(=O)[C@H](CC(C)C)N2C(=O)[C@@H]3C4c5ccccc5C(c5ccccc54)[C@@H]3C2=O)c(C)c1. The molecule has 3 aromatic carbocycles. The van der Waals surface area contributed by atoms with Crippen molar-refractivity contribution in [2.75, 3.05) is 11.9 Å². The lowest BCUT2D eigenvalue weighted by molar-refractivity contribution is -0.160. The lowest BCUT2D eigenvalue weighted by Crippen LogP contribution is -2.47. The van der Waals surface area contributed by atoms with Crippen molar-refractivity contribution in [2.45, 2.75) is 52.0 Å². The number of nitrogens with one attached hydrogen (secondary N) is 1. The highest BCUT2D eigenvalue weighted by atomic mass is 16.5. The first-order chi connectivity index (χ1) is 19.7. The molecule has 1 N–H and O–H groups in total. The molecule has 7 rings (SSSR count). The second kappa shape index (κ2) is 10.3. The highest BCUT2D eigenvalue weighted by Gasteiger charge is 2.63. The Bertz CT molecular complexity index is 1460. The fraction of sp³-hybridized carbons (Fsp3) is 0.353. The van der Waals surface area contributed by atoms with E-state index in [-0.39, 0.29) is 36.0 Å². The number of hydrogen-bond donors (Lipinski definition) is 1. The summed E-state index contributed by atoms with van der Waals surface area (Å²) in [6.45, 7) is 7.21. The summed E-state index contributed by atoms with van der Waals surface area (Å²) in [4.78, 5) is 55.6. The number of aryl methyl sites for hydroxylation is 2. The van der Waals surface area contributed by atoms with E-state index in [0.29, 0.717) is 5.69 Å². The fourth-order valence-electron chi connectivity index (χ4n) is 7.13. The maximum Gasteiger partial charge on any atom is 0.329 e. The minimum absolute atomic E-state index is 0.00549. The van der Waals surface area contributed by atoms with Crippen LogP contribution in [0.1, 0.15) is 65.5 Å². The van der Waals surface area contributed by atoms with Crippen molar-refractivity contribution >= 4 is 29.4 Å². The smallest absolute Gasteiger partial charge is 0.329 e. The summed E-state index contributed by atoms with van der Waals surface area (Å²) in [5, 5.41) is 2.78. The van der Waals surface area contributed by atoms with Crippen molar-refractivity contribution in [3.8, 4) is 0 Å². The van der Waals surface area contributed by atoms with E-state index in [2.05, 4.69) is 5.32 Å². The number of anilines is 1. The van der Waals surface area contributed by atoms with E-state index in [1.807, 2.05) is 88.4 Å². The minimum Gasteiger partial charge on any atom is -0.454 e. The molecular formula is C34H34N2O5. The summed E-state index contributed by atoms with van der Waals surface area (Å²) < 4.78 is 5.46. The number of esters is 1. The molecule has 1 saturated heterocycles. The zero-order chi connectivity index (χ0) is 29.0. The quantitative estimate of drug-likeness (QED) is 0.327. The maximum atomic E-state index is 14.1. The number of benzene rings is 3. The summed E-state index contributed by atoms with van der Waals surface area (Å²) in [5.74, 6) is -3.53. The number of likely N-dealkylation sites (tertiary alicyclic amines) is 1. The van der Waals surface area contributed by atoms with Gasteiger partial charge in [0.25, 0.3) is 5.91 Å². The van der Waals surface area contributed by atoms with Crippen molar-refractivity contribution < 1.29 is 23.9 Å². The van der Waals surface area contributed by atoms with E-state index in [1.54, 1.807) is 6.07 Å². The highest BCUT2D eigenvalue weighted by Crippen LogP contribution is 2.61. The van der Waals surface area contributed by atoms with E-state index in [0.717, 1.165) is 38.3 Å². The van der Waals surface area contributed by atoms with E-state index >= 15 is 0 Å². The van der Waals surface area contributed by atoms with Crippen LogP contribution < -0.4 is 5.32 Å². The zero-order valence-electron chi connectivity index (χ0n) is 23.7. The molecule has 0 unspecified atom stereocenters. The molecule has 41 heavy (non-hydrogen) atoms. The van der Waals surface area contributed by atoms with Gasteiger partial charge in [0.2, 0.25) is 11.8 Å². The third kappa shape index (κ3) is 4.44. The molecule has 7 heteroatoms. The minimum atomic E-state index is -1.10. The van der Waals surface area contributed by atoms with Gasteiger partial charge in [0.1, 0.15) is 6.04 Å². The van der Waals surface area contributed by atoms with Gasteiger partial charge in [-0.25, -0.2) is 4.79 Å². The third-order valence-corrected chi connectivity index (χ3v) is 8.76. The van der Waals surface area contributed by atoms with Gasteiger partial charge in [-0.1, -0.05) is 80.1 Å². The van der Waals surface area contributed by atoms with Crippen LogP contribution in [0.3, 0.4) is 0 Å². The Labute approximate surface area is 239 Å². The molecule has 7 nitrogen and oxygen atoms in total. The van der Waals surface area contributed by atoms with Crippen molar-refractivity contribution in [1.82, 2.24) is 4.90 Å². The van der Waals surface area contributed by atoms with E-state index in [9.17, 15) is 19.2 Å². The summed E-state index contributed by atoms with van der Waals surface area (Å²) >= 11 is 0. The van der Waals surface area contributed by atoms with Crippen LogP contribution in [0.15, 0.2) is 66.7 Å². The monoisotopic (exact) mass is 550 g/mol. The number of carbonyl (C=O) groups excluding carboxylic acids is 4. The lowest BCUT2D eigenvalue weighted by Gasteiger charge is -2.45. The van der Waals surface area contributed by atoms with Crippen molar-refractivity contribution in [3.63, 3.8) is 0 Å². The molecule has 0 spiro atoms. The Morgan fingerprint density at radius 2 is 1.34 bits per heavy atom. The molecule has 3 aliphatic carbocycles. The molecule has 2 bridgehead atoms. The molecule has 3 amide bonds. The summed E-state index contributed by atoms with van der Waals surface area (Å²) in [6.07, 6.45) is 0.254. The second-order valence-electron chi connectivity index (χ2n) is 11.9. The Morgan fingerprint density at radius 3 is 1.80 bits per heavy atom. The predicted octanol–water partition coefficient (Wildman–Crippen LogP) is 5.09. The zero-order valence-corrected chi connectivity index (χ0v) is 23.7. The van der Waals surface area contributed by atoms with Crippen LogP contribution in [0.25, 0.3) is 0 Å². The molecular weight excluding hydrogens is 516 g/mol. The molecule has 4 aliphatic rings. The number of ether oxygens (including phenoxy) is 1. The van der Waals surface area contributed by atoms with Gasteiger partial charge < -0.3 is 10.1 Å². The Kier molecular flexibility index (Phi) is 6.76. The van der Waals surface area contributed by atoms with Gasteiger partial charge in [-0.2, -0.15) is 0 Å². The van der Waals surface area contributed by atoms with E-state index < -0.39 is 36.4 Å². The van der Waals surface area contributed by atoms with Crippen molar-refractivity contribution in [3.05, 3.63) is 100 Å². The molecule has 3 aromatic rings. The number of hydrogen-bond acceptors (Lipinski definition) is 5. The molecule has 1 fully saturated rings. The number of imide groups is 1. The molecule has 210 valence electrons. The molecule has 1 heterocycles. The first-order valence-electron chi connectivity index (χ1n) is 14.3. The van der Waals surface area contributed by atoms with E-state index in [1.165, 1.54) is 0 Å². The summed E-state index contributed by atoms with van der Waals surface area (Å²) in [6, 6.07) is 20.6. The largest absolute Gasteiger partial charge is 0.454 e. The lowest BCUT2D eigenvalue weighted by atomic mass is 9.55. The third-order valence-electron chi connectivity index (χ3n) is 8.76. The number of rotatable bonds is 7. The molecule has 3 atom stereocenters. The number of nitrogens with zero attached hydrogens (tertiary/aromatic N) is 1. The van der Waals surface area contributed by atoms with Crippen LogP contribution in [0.2, 0.25) is 0 Å². The van der Waals surface area contributed by atoms with Crippen molar-refractivity contribution in [1.29, 1.82) is 0 Å². The van der Waals surface area contributed by atoms with Gasteiger partial charge in [0, 0.05) is 17.5 Å². The van der Waals surface area contributed by atoms with Crippen LogP contribution in [-0.2, 0) is 23.9 Å². The normalized spacial score (nSPS) is 22.7. The van der Waals surface area contributed by atoms with Crippen LogP contribution in [0.4, 0.5) is 5.69 Å². The fourth-order valence-corrected chi connectivity index (χ4v) is 7.13. The van der Waals surface area contributed by atoms with Gasteiger partial charge in [-0.05, 0) is 60.1 Å². The van der Waals surface area contributed by atoms with Gasteiger partial charge >= 0.3 is 5.97 Å². The molecule has 0 radical (unpaired) electrons. The van der Waals surface area contributed by atoms with Crippen LogP contribution in [0, 0.1) is 31.6 Å². The van der Waals surface area contributed by atoms with Crippen LogP contribution >= 0.6 is 0 Å². The average Bonchev–Trinajstić information content (AvgIpc) is 3.22. The van der Waals surface area contributed by atoms with Crippen LogP contribution in [-0.4, -0.2) is 41.2 Å². The standard InChI is InChI=1S/C34H34N2O5/c1-18(2)15-26(34(40)41-17-27(37)35-25-14-13-19(3)16-20(25)4)36-32(38)30-28-21-9-5-6-10-22(21)29(31(30)33(36)39)24-12-8-7-11-23(24)28/h5-14,16,18,26,28-31H,15,17H2,1-4H3,(H,35,37)/t26-,28?,29?,30-,31+/m0/s1. The Balaban J connectivity index is 1.26. The van der Waals surface area contributed by atoms with Gasteiger partial charge in [-0.15, -0.1) is 0 Å². The topological polar surface area (TPSA) is 92.8 Å². The van der Waals surface area contributed by atoms with Gasteiger partial charge in [-0.3, -0.25) is 19.3 Å². The number of carbonyl (C=O) groups is 4. The highest BCUT2D eigenvalue weighted by molar-refractivity contribution is 6.10. The van der Waals surface area contributed by atoms with Gasteiger partial charge in [0.15, 0.2) is 6.61 Å².